The fourth-order valence-electron chi connectivity index (χ4n) is 3.93. The molecule has 0 aliphatic heterocycles. The Morgan fingerprint density at radius 2 is 2.24 bits per heavy atom. The molecule has 1 aliphatic carbocycles. The van der Waals surface area contributed by atoms with Crippen molar-refractivity contribution in [2.75, 3.05) is 13.6 Å². The standard InChI is InChI=1S/C19H25FN4O/c1-23-12-15(11-22-23)18(13-5-3-7-16(20)9-13)24(2)19(25)17-8-4-6-14(17)10-21/h3,5,7,9,11-12,14,17-18H,4,6,8,10,21H2,1-2H3/t14-,17-,18?/m1/s1. The predicted molar refractivity (Wildman–Crippen MR) is 94.1 cm³/mol. The summed E-state index contributed by atoms with van der Waals surface area (Å²) in [6.45, 7) is 0.530. The molecule has 1 amide bonds. The molecule has 134 valence electrons. The summed E-state index contributed by atoms with van der Waals surface area (Å²) in [5, 5.41) is 4.22. The van der Waals surface area contributed by atoms with Crippen molar-refractivity contribution in [2.45, 2.75) is 25.3 Å². The summed E-state index contributed by atoms with van der Waals surface area (Å²) in [4.78, 5) is 14.9. The van der Waals surface area contributed by atoms with Gasteiger partial charge < -0.3 is 10.6 Å². The van der Waals surface area contributed by atoms with E-state index in [2.05, 4.69) is 5.10 Å². The Morgan fingerprint density at radius 3 is 2.88 bits per heavy atom. The second-order valence-corrected chi connectivity index (χ2v) is 6.89. The van der Waals surface area contributed by atoms with E-state index in [4.69, 9.17) is 5.73 Å². The first-order valence-electron chi connectivity index (χ1n) is 8.72. The topological polar surface area (TPSA) is 64.2 Å². The molecule has 3 rings (SSSR count). The van der Waals surface area contributed by atoms with Crippen LogP contribution in [0.15, 0.2) is 36.7 Å². The van der Waals surface area contributed by atoms with Crippen LogP contribution in [0, 0.1) is 17.7 Å². The van der Waals surface area contributed by atoms with Gasteiger partial charge in [0.05, 0.1) is 12.2 Å². The summed E-state index contributed by atoms with van der Waals surface area (Å²) in [6.07, 6.45) is 6.50. The van der Waals surface area contributed by atoms with Gasteiger partial charge in [0.2, 0.25) is 5.91 Å². The van der Waals surface area contributed by atoms with E-state index in [0.717, 1.165) is 30.4 Å². The fourth-order valence-corrected chi connectivity index (χ4v) is 3.93. The van der Waals surface area contributed by atoms with Crippen LogP contribution in [0.4, 0.5) is 4.39 Å². The van der Waals surface area contributed by atoms with E-state index in [1.807, 2.05) is 19.3 Å². The quantitative estimate of drug-likeness (QED) is 0.906. The number of hydrogen-bond donors (Lipinski definition) is 1. The third-order valence-corrected chi connectivity index (χ3v) is 5.22. The van der Waals surface area contributed by atoms with Gasteiger partial charge in [0.25, 0.3) is 0 Å². The highest BCUT2D eigenvalue weighted by Crippen LogP contribution is 2.36. The molecule has 1 unspecified atom stereocenters. The lowest BCUT2D eigenvalue weighted by molar-refractivity contribution is -0.136. The largest absolute Gasteiger partial charge is 0.334 e. The van der Waals surface area contributed by atoms with Crippen LogP contribution < -0.4 is 5.73 Å². The van der Waals surface area contributed by atoms with Crippen LogP contribution in [0.5, 0.6) is 0 Å². The zero-order valence-corrected chi connectivity index (χ0v) is 14.7. The van der Waals surface area contributed by atoms with Crippen LogP contribution in [-0.2, 0) is 11.8 Å². The second-order valence-electron chi connectivity index (χ2n) is 6.89. The number of aryl methyl sites for hydroxylation is 1. The highest BCUT2D eigenvalue weighted by atomic mass is 19.1. The number of nitrogens with two attached hydrogens (primary N) is 1. The zero-order valence-electron chi connectivity index (χ0n) is 14.7. The SMILES string of the molecule is CN(C(=O)[C@@H]1CCC[C@@H]1CN)C(c1cccc(F)c1)c1cnn(C)c1. The lowest BCUT2D eigenvalue weighted by Crippen LogP contribution is -2.39. The summed E-state index contributed by atoms with van der Waals surface area (Å²) in [6, 6.07) is 6.05. The maximum Gasteiger partial charge on any atom is 0.226 e. The minimum absolute atomic E-state index is 0.0530. The summed E-state index contributed by atoms with van der Waals surface area (Å²) in [7, 11) is 3.62. The van der Waals surface area contributed by atoms with Crippen LogP contribution in [0.3, 0.4) is 0 Å². The van der Waals surface area contributed by atoms with Crippen LogP contribution in [0.1, 0.15) is 36.4 Å². The average molecular weight is 344 g/mol. The molecule has 1 heterocycles. The Morgan fingerprint density at radius 1 is 1.44 bits per heavy atom. The highest BCUT2D eigenvalue weighted by Gasteiger charge is 2.36. The van der Waals surface area contributed by atoms with Crippen molar-refractivity contribution in [3.8, 4) is 0 Å². The molecule has 0 bridgehead atoms. The van der Waals surface area contributed by atoms with E-state index >= 15 is 0 Å². The van der Waals surface area contributed by atoms with Crippen LogP contribution in [0.2, 0.25) is 0 Å². The summed E-state index contributed by atoms with van der Waals surface area (Å²) in [5.41, 5.74) is 7.46. The number of amides is 1. The molecule has 2 aromatic rings. The van der Waals surface area contributed by atoms with E-state index < -0.39 is 0 Å². The Labute approximate surface area is 147 Å². The van der Waals surface area contributed by atoms with Gasteiger partial charge in [-0.15, -0.1) is 0 Å². The molecule has 1 fully saturated rings. The molecule has 1 aliphatic rings. The maximum absolute atomic E-state index is 13.8. The minimum atomic E-state index is -0.365. The molecule has 0 spiro atoms. The lowest BCUT2D eigenvalue weighted by Gasteiger charge is -2.31. The zero-order chi connectivity index (χ0) is 18.0. The van der Waals surface area contributed by atoms with E-state index in [1.165, 1.54) is 12.1 Å². The molecular formula is C19H25FN4O. The van der Waals surface area contributed by atoms with E-state index in [1.54, 1.807) is 28.9 Å². The monoisotopic (exact) mass is 344 g/mol. The molecule has 0 radical (unpaired) electrons. The van der Waals surface area contributed by atoms with Gasteiger partial charge in [-0.2, -0.15) is 5.10 Å². The number of nitrogens with zero attached hydrogens (tertiary/aromatic N) is 3. The molecule has 3 atom stereocenters. The van der Waals surface area contributed by atoms with Gasteiger partial charge in [0.15, 0.2) is 0 Å². The Bertz CT molecular complexity index is 745. The molecule has 0 saturated heterocycles. The third-order valence-electron chi connectivity index (χ3n) is 5.22. The van der Waals surface area contributed by atoms with Gasteiger partial charge in [-0.3, -0.25) is 9.48 Å². The molecule has 1 aromatic heterocycles. The Kier molecular flexibility index (Phi) is 5.18. The van der Waals surface area contributed by atoms with E-state index in [-0.39, 0.29) is 29.6 Å². The van der Waals surface area contributed by atoms with Gasteiger partial charge in [0.1, 0.15) is 5.82 Å². The minimum Gasteiger partial charge on any atom is -0.334 e. The molecule has 1 saturated carbocycles. The number of rotatable bonds is 5. The van der Waals surface area contributed by atoms with Crippen molar-refractivity contribution < 1.29 is 9.18 Å². The van der Waals surface area contributed by atoms with Crippen molar-refractivity contribution in [2.24, 2.45) is 24.6 Å². The van der Waals surface area contributed by atoms with Crippen molar-refractivity contribution in [1.82, 2.24) is 14.7 Å². The fraction of sp³-hybridized carbons (Fsp3) is 0.474. The molecule has 25 heavy (non-hydrogen) atoms. The number of carbonyl (C=O) groups excluding carboxylic acids is 1. The van der Waals surface area contributed by atoms with Gasteiger partial charge in [-0.1, -0.05) is 18.6 Å². The maximum atomic E-state index is 13.8. The van der Waals surface area contributed by atoms with Crippen molar-refractivity contribution >= 4 is 5.91 Å². The molecule has 2 N–H and O–H groups in total. The van der Waals surface area contributed by atoms with Crippen LogP contribution in [-0.4, -0.2) is 34.2 Å². The molecular weight excluding hydrogens is 319 g/mol. The van der Waals surface area contributed by atoms with Crippen molar-refractivity contribution in [3.63, 3.8) is 0 Å². The van der Waals surface area contributed by atoms with Crippen molar-refractivity contribution in [3.05, 3.63) is 53.6 Å². The number of carbonyl (C=O) groups is 1. The Hall–Kier alpha value is -2.21. The summed E-state index contributed by atoms with van der Waals surface area (Å²) < 4.78 is 15.5. The van der Waals surface area contributed by atoms with E-state index in [0.29, 0.717) is 6.54 Å². The van der Waals surface area contributed by atoms with Gasteiger partial charge in [-0.05, 0) is 43.0 Å². The predicted octanol–water partition coefficient (Wildman–Crippen LogP) is 2.48. The first-order valence-corrected chi connectivity index (χ1v) is 8.72. The van der Waals surface area contributed by atoms with Crippen LogP contribution >= 0.6 is 0 Å². The first-order chi connectivity index (χ1) is 12.0. The smallest absolute Gasteiger partial charge is 0.226 e. The van der Waals surface area contributed by atoms with Gasteiger partial charge >= 0.3 is 0 Å². The molecule has 5 nitrogen and oxygen atoms in total. The number of halogens is 1. The Balaban J connectivity index is 1.95. The average Bonchev–Trinajstić information content (AvgIpc) is 3.23. The number of hydrogen-bond acceptors (Lipinski definition) is 3. The normalized spacial score (nSPS) is 21.3. The first kappa shape index (κ1) is 17.6. The lowest BCUT2D eigenvalue weighted by atomic mass is 9.92. The van der Waals surface area contributed by atoms with Gasteiger partial charge in [-0.25, -0.2) is 4.39 Å². The molecule has 6 heteroatoms. The van der Waals surface area contributed by atoms with Crippen molar-refractivity contribution in [1.29, 1.82) is 0 Å². The molecule has 1 aromatic carbocycles. The second kappa shape index (κ2) is 7.35. The van der Waals surface area contributed by atoms with Crippen LogP contribution in [0.25, 0.3) is 0 Å². The van der Waals surface area contributed by atoms with E-state index in [9.17, 15) is 9.18 Å². The third kappa shape index (κ3) is 3.58. The summed E-state index contributed by atoms with van der Waals surface area (Å²) >= 11 is 0. The highest BCUT2D eigenvalue weighted by molar-refractivity contribution is 5.80. The number of aromatic nitrogens is 2. The van der Waals surface area contributed by atoms with Gasteiger partial charge in [0, 0.05) is 31.8 Å². The summed E-state index contributed by atoms with van der Waals surface area (Å²) in [5.74, 6) is -0.0567. The number of benzene rings is 1.